The highest BCUT2D eigenvalue weighted by Gasteiger charge is 2.14. The predicted molar refractivity (Wildman–Crippen MR) is 87.5 cm³/mol. The van der Waals surface area contributed by atoms with E-state index in [1.54, 1.807) is 0 Å². The molecule has 110 valence electrons. The monoisotopic (exact) mass is 282 g/mol. The fraction of sp³-hybridized carbons (Fsp3) is 0.278. The number of hydrogen-bond acceptors (Lipinski definition) is 1. The second kappa shape index (κ2) is 6.93. The van der Waals surface area contributed by atoms with Crippen LogP contribution in [0.5, 0.6) is 0 Å². The van der Waals surface area contributed by atoms with Gasteiger partial charge in [-0.05, 0) is 43.5 Å². The molecule has 2 amide bonds. The summed E-state index contributed by atoms with van der Waals surface area (Å²) >= 11 is 0. The van der Waals surface area contributed by atoms with Crippen molar-refractivity contribution in [3.8, 4) is 0 Å². The molecular formula is C18H22N2O. The molecule has 2 aromatic carbocycles. The lowest BCUT2D eigenvalue weighted by atomic mass is 9.98. The van der Waals surface area contributed by atoms with Gasteiger partial charge >= 0.3 is 6.03 Å². The van der Waals surface area contributed by atoms with Gasteiger partial charge < -0.3 is 10.6 Å². The zero-order valence-electron chi connectivity index (χ0n) is 12.8. The minimum absolute atomic E-state index is 0.0225. The van der Waals surface area contributed by atoms with Crippen molar-refractivity contribution >= 4 is 11.7 Å². The predicted octanol–water partition coefficient (Wildman–Crippen LogP) is 4.58. The Morgan fingerprint density at radius 2 is 1.81 bits per heavy atom. The van der Waals surface area contributed by atoms with Crippen LogP contribution >= 0.6 is 0 Å². The number of anilines is 1. The summed E-state index contributed by atoms with van der Waals surface area (Å²) in [5.41, 5.74) is 4.42. The van der Waals surface area contributed by atoms with Gasteiger partial charge in [0, 0.05) is 5.69 Å². The summed E-state index contributed by atoms with van der Waals surface area (Å²) in [6, 6.07) is 15.7. The summed E-state index contributed by atoms with van der Waals surface area (Å²) in [7, 11) is 0. The first-order valence-corrected chi connectivity index (χ1v) is 7.30. The third kappa shape index (κ3) is 4.09. The fourth-order valence-electron chi connectivity index (χ4n) is 2.46. The Morgan fingerprint density at radius 3 is 2.43 bits per heavy atom. The molecule has 0 bridgehead atoms. The molecule has 0 fully saturated rings. The molecule has 0 heterocycles. The van der Waals surface area contributed by atoms with Gasteiger partial charge in [0.2, 0.25) is 0 Å². The molecule has 0 radical (unpaired) electrons. The van der Waals surface area contributed by atoms with E-state index in [1.807, 2.05) is 30.3 Å². The first-order chi connectivity index (χ1) is 10.1. The Labute approximate surface area is 126 Å². The zero-order chi connectivity index (χ0) is 15.2. The van der Waals surface area contributed by atoms with Crippen molar-refractivity contribution < 1.29 is 4.79 Å². The molecule has 0 spiro atoms. The van der Waals surface area contributed by atoms with Gasteiger partial charge in [-0.3, -0.25) is 0 Å². The topological polar surface area (TPSA) is 41.1 Å². The summed E-state index contributed by atoms with van der Waals surface area (Å²) in [5, 5.41) is 5.90. The van der Waals surface area contributed by atoms with Crippen LogP contribution in [0, 0.1) is 13.8 Å². The number of benzene rings is 2. The highest BCUT2D eigenvalue weighted by atomic mass is 16.2. The summed E-state index contributed by atoms with van der Waals surface area (Å²) in [6.07, 6.45) is 0.853. The van der Waals surface area contributed by atoms with E-state index in [4.69, 9.17) is 0 Å². The minimum atomic E-state index is -0.173. The second-order valence-electron chi connectivity index (χ2n) is 5.29. The molecule has 0 unspecified atom stereocenters. The van der Waals surface area contributed by atoms with Gasteiger partial charge in [0.1, 0.15) is 0 Å². The molecule has 3 nitrogen and oxygen atoms in total. The Kier molecular flexibility index (Phi) is 4.99. The maximum Gasteiger partial charge on any atom is 0.319 e. The first kappa shape index (κ1) is 15.1. The highest BCUT2D eigenvalue weighted by molar-refractivity contribution is 5.89. The molecule has 0 aliphatic rings. The Bertz CT molecular complexity index is 608. The van der Waals surface area contributed by atoms with Gasteiger partial charge in [0.25, 0.3) is 0 Å². The molecular weight excluding hydrogens is 260 g/mol. The van der Waals surface area contributed by atoms with Crippen LogP contribution in [-0.2, 0) is 0 Å². The van der Waals surface area contributed by atoms with E-state index in [1.165, 1.54) is 16.7 Å². The average Bonchev–Trinajstić information content (AvgIpc) is 2.46. The number of aryl methyl sites for hydroxylation is 2. The van der Waals surface area contributed by atoms with Gasteiger partial charge in [0.05, 0.1) is 6.04 Å². The van der Waals surface area contributed by atoms with Crippen LogP contribution in [-0.4, -0.2) is 6.03 Å². The maximum absolute atomic E-state index is 12.1. The van der Waals surface area contributed by atoms with Gasteiger partial charge in [-0.1, -0.05) is 48.9 Å². The second-order valence-corrected chi connectivity index (χ2v) is 5.29. The van der Waals surface area contributed by atoms with E-state index in [0.717, 1.165) is 12.1 Å². The molecule has 2 N–H and O–H groups in total. The zero-order valence-corrected chi connectivity index (χ0v) is 12.8. The number of carbonyl (C=O) groups is 1. The van der Waals surface area contributed by atoms with E-state index >= 15 is 0 Å². The van der Waals surface area contributed by atoms with Crippen molar-refractivity contribution in [2.45, 2.75) is 33.2 Å². The number of urea groups is 1. The van der Waals surface area contributed by atoms with Crippen LogP contribution < -0.4 is 10.6 Å². The maximum atomic E-state index is 12.1. The normalized spacial score (nSPS) is 11.8. The lowest BCUT2D eigenvalue weighted by molar-refractivity contribution is 0.248. The van der Waals surface area contributed by atoms with Crippen LogP contribution in [0.4, 0.5) is 10.5 Å². The summed E-state index contributed by atoms with van der Waals surface area (Å²) in [5.74, 6) is 0. The van der Waals surface area contributed by atoms with Crippen molar-refractivity contribution in [3.05, 3.63) is 65.2 Å². The number of nitrogens with one attached hydrogen (secondary N) is 2. The van der Waals surface area contributed by atoms with Gasteiger partial charge in [-0.25, -0.2) is 4.79 Å². The largest absolute Gasteiger partial charge is 0.331 e. The number of rotatable bonds is 4. The van der Waals surface area contributed by atoms with E-state index in [-0.39, 0.29) is 12.1 Å². The molecule has 2 rings (SSSR count). The number of para-hydroxylation sites is 1. The summed E-state index contributed by atoms with van der Waals surface area (Å²) < 4.78 is 0. The molecule has 3 heteroatoms. The van der Waals surface area contributed by atoms with Crippen LogP contribution in [0.2, 0.25) is 0 Å². The smallest absolute Gasteiger partial charge is 0.319 e. The van der Waals surface area contributed by atoms with E-state index in [2.05, 4.69) is 49.6 Å². The molecule has 0 saturated carbocycles. The van der Waals surface area contributed by atoms with E-state index in [9.17, 15) is 4.79 Å². The summed E-state index contributed by atoms with van der Waals surface area (Å²) in [4.78, 5) is 12.1. The fourth-order valence-corrected chi connectivity index (χ4v) is 2.46. The van der Waals surface area contributed by atoms with Crippen LogP contribution in [0.15, 0.2) is 48.5 Å². The van der Waals surface area contributed by atoms with E-state index < -0.39 is 0 Å². The van der Waals surface area contributed by atoms with Crippen molar-refractivity contribution in [2.75, 3.05) is 5.32 Å². The molecule has 21 heavy (non-hydrogen) atoms. The molecule has 1 atom stereocenters. The minimum Gasteiger partial charge on any atom is -0.331 e. The van der Waals surface area contributed by atoms with Gasteiger partial charge in [-0.2, -0.15) is 0 Å². The number of carbonyl (C=O) groups excluding carboxylic acids is 1. The molecule has 0 saturated heterocycles. The highest BCUT2D eigenvalue weighted by Crippen LogP contribution is 2.21. The Balaban J connectivity index is 2.06. The standard InChI is InChI=1S/C18H22N2O/c1-4-17(16-11-10-13(2)12-14(16)3)20-18(21)19-15-8-6-5-7-9-15/h5-12,17H,4H2,1-3H3,(H2,19,20,21)/t17-/m0/s1. The van der Waals surface area contributed by atoms with Crippen molar-refractivity contribution in [3.63, 3.8) is 0 Å². The lowest BCUT2D eigenvalue weighted by Crippen LogP contribution is -2.32. The quantitative estimate of drug-likeness (QED) is 0.847. The Hall–Kier alpha value is -2.29. The van der Waals surface area contributed by atoms with Crippen LogP contribution in [0.1, 0.15) is 36.1 Å². The van der Waals surface area contributed by atoms with Crippen LogP contribution in [0.3, 0.4) is 0 Å². The summed E-state index contributed by atoms with van der Waals surface area (Å²) in [6.45, 7) is 6.24. The van der Waals surface area contributed by atoms with E-state index in [0.29, 0.717) is 0 Å². The van der Waals surface area contributed by atoms with Crippen LogP contribution in [0.25, 0.3) is 0 Å². The molecule has 0 aliphatic heterocycles. The Morgan fingerprint density at radius 1 is 1.10 bits per heavy atom. The van der Waals surface area contributed by atoms with Gasteiger partial charge in [-0.15, -0.1) is 0 Å². The van der Waals surface area contributed by atoms with Gasteiger partial charge in [0.15, 0.2) is 0 Å². The van der Waals surface area contributed by atoms with Crippen molar-refractivity contribution in [1.82, 2.24) is 5.32 Å². The number of hydrogen-bond donors (Lipinski definition) is 2. The third-order valence-electron chi connectivity index (χ3n) is 3.55. The third-order valence-corrected chi connectivity index (χ3v) is 3.55. The molecule has 0 aromatic heterocycles. The average molecular weight is 282 g/mol. The lowest BCUT2D eigenvalue weighted by Gasteiger charge is -2.20. The SMILES string of the molecule is CC[C@H](NC(=O)Nc1ccccc1)c1ccc(C)cc1C. The molecule has 0 aliphatic carbocycles. The first-order valence-electron chi connectivity index (χ1n) is 7.30. The van der Waals surface area contributed by atoms with Crippen molar-refractivity contribution in [1.29, 1.82) is 0 Å². The van der Waals surface area contributed by atoms with Crippen molar-refractivity contribution in [2.24, 2.45) is 0 Å². The molecule has 2 aromatic rings. The number of amides is 2.